The van der Waals surface area contributed by atoms with E-state index in [0.717, 1.165) is 32.5 Å². The molecule has 0 saturated carbocycles. The predicted molar refractivity (Wildman–Crippen MR) is 113 cm³/mol. The van der Waals surface area contributed by atoms with Crippen LogP contribution in [-0.4, -0.2) is 56.7 Å². The number of carbonyl (C=O) groups excluding carboxylic acids is 2. The molecule has 1 heterocycles. The molecule has 7 nitrogen and oxygen atoms in total. The third-order valence-electron chi connectivity index (χ3n) is 5.09. The van der Waals surface area contributed by atoms with Gasteiger partial charge in [0.2, 0.25) is 0 Å². The zero-order valence-corrected chi connectivity index (χ0v) is 17.4. The average molecular weight is 412 g/mol. The lowest BCUT2D eigenvalue weighted by molar-refractivity contribution is -0.142. The minimum absolute atomic E-state index is 0.0937. The summed E-state index contributed by atoms with van der Waals surface area (Å²) in [6, 6.07) is 15.4. The van der Waals surface area contributed by atoms with Crippen LogP contribution in [0, 0.1) is 0 Å². The number of amides is 1. The second-order valence-corrected chi connectivity index (χ2v) is 7.26. The number of nitrogens with one attached hydrogen (secondary N) is 1. The van der Waals surface area contributed by atoms with Crippen molar-refractivity contribution in [3.05, 3.63) is 59.7 Å². The smallest absolute Gasteiger partial charge is 0.343 e. The first-order valence-corrected chi connectivity index (χ1v) is 10.0. The van der Waals surface area contributed by atoms with E-state index in [1.165, 1.54) is 19.8 Å². The number of piperidine rings is 1. The van der Waals surface area contributed by atoms with Gasteiger partial charge >= 0.3 is 5.97 Å². The maximum absolute atomic E-state index is 12.8. The lowest BCUT2D eigenvalue weighted by atomic mass is 10.0. The summed E-state index contributed by atoms with van der Waals surface area (Å²) in [4.78, 5) is 26.4. The SMILES string of the molecule is COC(=O)COc1ccc(C(=O)NC2CCCN(Cc3ccccc3)C2)cc1OC. The summed E-state index contributed by atoms with van der Waals surface area (Å²) in [6.07, 6.45) is 2.00. The largest absolute Gasteiger partial charge is 0.493 e. The molecule has 0 bridgehead atoms. The molecular formula is C23H28N2O5. The Labute approximate surface area is 176 Å². The van der Waals surface area contributed by atoms with Gasteiger partial charge in [-0.2, -0.15) is 0 Å². The Balaban J connectivity index is 1.58. The van der Waals surface area contributed by atoms with Crippen LogP contribution in [0.15, 0.2) is 48.5 Å². The van der Waals surface area contributed by atoms with E-state index in [9.17, 15) is 9.59 Å². The molecule has 1 N–H and O–H groups in total. The van der Waals surface area contributed by atoms with Gasteiger partial charge in [-0.05, 0) is 43.1 Å². The number of rotatable bonds is 8. The van der Waals surface area contributed by atoms with Gasteiger partial charge in [0.15, 0.2) is 18.1 Å². The summed E-state index contributed by atoms with van der Waals surface area (Å²) in [7, 11) is 2.78. The zero-order chi connectivity index (χ0) is 21.3. The van der Waals surface area contributed by atoms with Crippen molar-refractivity contribution in [3.63, 3.8) is 0 Å². The molecule has 3 rings (SSSR count). The fourth-order valence-electron chi connectivity index (χ4n) is 3.55. The number of ether oxygens (including phenoxy) is 3. The minimum atomic E-state index is -0.490. The summed E-state index contributed by atoms with van der Waals surface area (Å²) in [6.45, 7) is 2.50. The van der Waals surface area contributed by atoms with E-state index in [1.807, 2.05) is 18.2 Å². The van der Waals surface area contributed by atoms with Crippen molar-refractivity contribution >= 4 is 11.9 Å². The number of benzene rings is 2. The highest BCUT2D eigenvalue weighted by Gasteiger charge is 2.22. The lowest BCUT2D eigenvalue weighted by Crippen LogP contribution is -2.47. The number of methoxy groups -OCH3 is 2. The van der Waals surface area contributed by atoms with Crippen molar-refractivity contribution < 1.29 is 23.8 Å². The molecule has 1 amide bonds. The second-order valence-electron chi connectivity index (χ2n) is 7.26. The lowest BCUT2D eigenvalue weighted by Gasteiger charge is -2.33. The van der Waals surface area contributed by atoms with Crippen LogP contribution in [0.2, 0.25) is 0 Å². The number of hydrogen-bond donors (Lipinski definition) is 1. The second kappa shape index (κ2) is 10.6. The number of hydrogen-bond acceptors (Lipinski definition) is 6. The third-order valence-corrected chi connectivity index (χ3v) is 5.09. The van der Waals surface area contributed by atoms with Crippen LogP contribution in [0.4, 0.5) is 0 Å². The van der Waals surface area contributed by atoms with Crippen molar-refractivity contribution in [2.75, 3.05) is 33.9 Å². The fourth-order valence-corrected chi connectivity index (χ4v) is 3.55. The highest BCUT2D eigenvalue weighted by atomic mass is 16.6. The van der Waals surface area contributed by atoms with E-state index in [4.69, 9.17) is 9.47 Å². The van der Waals surface area contributed by atoms with Crippen LogP contribution < -0.4 is 14.8 Å². The average Bonchev–Trinajstić information content (AvgIpc) is 2.78. The van der Waals surface area contributed by atoms with Gasteiger partial charge in [0, 0.05) is 24.7 Å². The van der Waals surface area contributed by atoms with E-state index in [0.29, 0.717) is 17.1 Å². The number of nitrogens with zero attached hydrogens (tertiary/aromatic N) is 1. The molecule has 1 aliphatic heterocycles. The Bertz CT molecular complexity index is 856. The van der Waals surface area contributed by atoms with Crippen LogP contribution in [0.1, 0.15) is 28.8 Å². The van der Waals surface area contributed by atoms with Gasteiger partial charge in [0.05, 0.1) is 14.2 Å². The van der Waals surface area contributed by atoms with E-state index >= 15 is 0 Å². The van der Waals surface area contributed by atoms with Crippen LogP contribution in [0.5, 0.6) is 11.5 Å². The highest BCUT2D eigenvalue weighted by Crippen LogP contribution is 2.28. The first-order valence-electron chi connectivity index (χ1n) is 10.0. The predicted octanol–water partition coefficient (Wildman–Crippen LogP) is 2.64. The van der Waals surface area contributed by atoms with Gasteiger partial charge in [-0.3, -0.25) is 9.69 Å². The third kappa shape index (κ3) is 5.97. The highest BCUT2D eigenvalue weighted by molar-refractivity contribution is 5.95. The molecule has 7 heteroatoms. The Morgan fingerprint density at radius 1 is 1.10 bits per heavy atom. The Hall–Kier alpha value is -3.06. The van der Waals surface area contributed by atoms with Gasteiger partial charge in [0.25, 0.3) is 5.91 Å². The molecule has 1 unspecified atom stereocenters. The van der Waals surface area contributed by atoms with Gasteiger partial charge in [-0.25, -0.2) is 4.79 Å². The molecule has 0 spiro atoms. The Kier molecular flexibility index (Phi) is 7.68. The van der Waals surface area contributed by atoms with Crippen LogP contribution >= 0.6 is 0 Å². The summed E-state index contributed by atoms with van der Waals surface area (Å²) in [5, 5.41) is 3.13. The molecule has 2 aromatic rings. The summed E-state index contributed by atoms with van der Waals surface area (Å²) in [5.41, 5.74) is 1.76. The zero-order valence-electron chi connectivity index (χ0n) is 17.4. The molecular weight excluding hydrogens is 384 g/mol. The van der Waals surface area contributed by atoms with Gasteiger partial charge in [0.1, 0.15) is 0 Å². The first-order chi connectivity index (χ1) is 14.6. The molecule has 30 heavy (non-hydrogen) atoms. The molecule has 160 valence electrons. The van der Waals surface area contributed by atoms with Crippen LogP contribution in [0.25, 0.3) is 0 Å². The van der Waals surface area contributed by atoms with Crippen molar-refractivity contribution in [1.82, 2.24) is 10.2 Å². The van der Waals surface area contributed by atoms with Gasteiger partial charge in [-0.15, -0.1) is 0 Å². The molecule has 1 aliphatic rings. The van der Waals surface area contributed by atoms with Crippen LogP contribution in [0.3, 0.4) is 0 Å². The number of likely N-dealkylation sites (tertiary alicyclic amines) is 1. The van der Waals surface area contributed by atoms with E-state index in [-0.39, 0.29) is 18.6 Å². The van der Waals surface area contributed by atoms with Gasteiger partial charge < -0.3 is 19.5 Å². The van der Waals surface area contributed by atoms with Crippen molar-refractivity contribution in [2.45, 2.75) is 25.4 Å². The van der Waals surface area contributed by atoms with E-state index < -0.39 is 5.97 Å². The topological polar surface area (TPSA) is 77.1 Å². The van der Waals surface area contributed by atoms with E-state index in [2.05, 4.69) is 27.1 Å². The molecule has 0 radical (unpaired) electrons. The minimum Gasteiger partial charge on any atom is -0.493 e. The molecule has 0 aromatic heterocycles. The molecule has 1 fully saturated rings. The summed E-state index contributed by atoms with van der Waals surface area (Å²) >= 11 is 0. The maximum atomic E-state index is 12.8. The Morgan fingerprint density at radius 3 is 2.63 bits per heavy atom. The van der Waals surface area contributed by atoms with E-state index in [1.54, 1.807) is 18.2 Å². The van der Waals surface area contributed by atoms with Crippen molar-refractivity contribution in [2.24, 2.45) is 0 Å². The van der Waals surface area contributed by atoms with Gasteiger partial charge in [-0.1, -0.05) is 30.3 Å². The quantitative estimate of drug-likeness (QED) is 0.672. The normalized spacial score (nSPS) is 16.5. The number of esters is 1. The molecule has 2 aromatic carbocycles. The molecule has 1 saturated heterocycles. The number of carbonyl (C=O) groups is 2. The summed E-state index contributed by atoms with van der Waals surface area (Å²) < 4.78 is 15.3. The molecule has 0 aliphatic carbocycles. The van der Waals surface area contributed by atoms with Crippen molar-refractivity contribution in [3.8, 4) is 11.5 Å². The Morgan fingerprint density at radius 2 is 1.90 bits per heavy atom. The maximum Gasteiger partial charge on any atom is 0.343 e. The standard InChI is InChI=1S/C23H28N2O5/c1-28-21-13-18(10-11-20(21)30-16-22(26)29-2)23(27)24-19-9-6-12-25(15-19)14-17-7-4-3-5-8-17/h3-5,7-8,10-11,13,19H,6,9,12,14-16H2,1-2H3,(H,24,27). The molecule has 1 atom stereocenters. The fraction of sp³-hybridized carbons (Fsp3) is 0.391. The first kappa shape index (κ1) is 21.6. The van der Waals surface area contributed by atoms with Crippen LogP contribution in [-0.2, 0) is 16.1 Å². The summed E-state index contributed by atoms with van der Waals surface area (Å²) in [5.74, 6) is 0.127. The van der Waals surface area contributed by atoms with Crippen molar-refractivity contribution in [1.29, 1.82) is 0 Å². The monoisotopic (exact) mass is 412 g/mol.